The molecule has 1 heterocycles. The van der Waals surface area contributed by atoms with Crippen molar-refractivity contribution in [2.75, 3.05) is 0 Å². The number of hydrogen-bond donors (Lipinski definition) is 2. The highest BCUT2D eigenvalue weighted by Gasteiger charge is 2.51. The topological polar surface area (TPSA) is 150 Å². The van der Waals surface area contributed by atoms with Crippen LogP contribution in [0.3, 0.4) is 0 Å². The van der Waals surface area contributed by atoms with Gasteiger partial charge >= 0.3 is 25.2 Å². The minimum Gasteiger partial charge on any atom is -0.491 e. The lowest BCUT2D eigenvalue weighted by atomic mass is 9.83. The van der Waals surface area contributed by atoms with E-state index in [1.165, 1.54) is 16.8 Å². The molecule has 1 atom stereocenters. The normalized spacial score (nSPS) is 13.3. The van der Waals surface area contributed by atoms with Crippen molar-refractivity contribution in [2.24, 2.45) is 0 Å². The first-order valence-corrected chi connectivity index (χ1v) is 19.7. The molecule has 296 valence electrons. The zero-order chi connectivity index (χ0) is 41.2. The number of alkyl halides is 2. The molecule has 1 aromatic heterocycles. The summed E-state index contributed by atoms with van der Waals surface area (Å²) in [5.41, 5.74) is -3.41. The van der Waals surface area contributed by atoms with Gasteiger partial charge < -0.3 is 24.0 Å². The van der Waals surface area contributed by atoms with Crippen molar-refractivity contribution < 1.29 is 46.9 Å². The molecule has 0 spiro atoms. The summed E-state index contributed by atoms with van der Waals surface area (Å²) in [6.45, 7) is 9.00. The Morgan fingerprint density at radius 1 is 0.789 bits per heavy atom. The van der Waals surface area contributed by atoms with E-state index in [2.05, 4.69) is 10.3 Å². The Kier molecular flexibility index (Phi) is 11.5. The van der Waals surface area contributed by atoms with Crippen molar-refractivity contribution in [1.29, 1.82) is 0 Å². The van der Waals surface area contributed by atoms with Crippen LogP contribution in [0.4, 0.5) is 8.78 Å². The Morgan fingerprint density at radius 3 is 2.05 bits per heavy atom. The molecule has 11 nitrogen and oxygen atoms in total. The number of benzene rings is 5. The van der Waals surface area contributed by atoms with E-state index in [0.29, 0.717) is 44.6 Å². The van der Waals surface area contributed by atoms with E-state index in [-0.39, 0.29) is 19.1 Å². The molecule has 2 N–H and O–H groups in total. The maximum absolute atomic E-state index is 14.8. The molecule has 6 aromatic rings. The lowest BCUT2D eigenvalue weighted by Crippen LogP contribution is -2.47. The van der Waals surface area contributed by atoms with Crippen LogP contribution in [-0.2, 0) is 43.1 Å². The third-order valence-corrected chi connectivity index (χ3v) is 9.99. The van der Waals surface area contributed by atoms with E-state index in [1.54, 1.807) is 99.6 Å². The second kappa shape index (κ2) is 16.0. The predicted octanol–water partition coefficient (Wildman–Crippen LogP) is 8.80. The molecule has 0 amide bonds. The molecule has 0 saturated heterocycles. The highest BCUT2D eigenvalue weighted by atomic mass is 31.2. The van der Waals surface area contributed by atoms with Crippen molar-refractivity contribution in [2.45, 2.75) is 70.6 Å². The minimum atomic E-state index is -5.81. The van der Waals surface area contributed by atoms with Gasteiger partial charge in [0.05, 0.1) is 17.2 Å². The smallest absolute Gasteiger partial charge is 0.399 e. The zero-order valence-electron chi connectivity index (χ0n) is 31.9. The Balaban J connectivity index is 1.35. The van der Waals surface area contributed by atoms with E-state index >= 15 is 0 Å². The van der Waals surface area contributed by atoms with E-state index in [4.69, 9.17) is 14.2 Å². The van der Waals surface area contributed by atoms with Gasteiger partial charge in [0, 0.05) is 12.0 Å². The SMILES string of the molecule is CC(C)Oc1cc(C(=O)OC(C)(C)C)cc(-c2ccc(COC(=O)C(Cc3ccc(C(F)(F)P(=O)(O)O)cc3)(c3ccccc3)n3nnc4ccccc43)cc2)c1. The lowest BCUT2D eigenvalue weighted by molar-refractivity contribution is -0.154. The van der Waals surface area contributed by atoms with Crippen molar-refractivity contribution in [3.8, 4) is 16.9 Å². The molecule has 5 aromatic carbocycles. The zero-order valence-corrected chi connectivity index (χ0v) is 32.8. The summed E-state index contributed by atoms with van der Waals surface area (Å²) in [6.07, 6.45) is -0.294. The number of halogens is 2. The van der Waals surface area contributed by atoms with E-state index in [0.717, 1.165) is 17.7 Å². The number of para-hydroxylation sites is 1. The number of fused-ring (bicyclic) bond motifs is 1. The number of esters is 2. The van der Waals surface area contributed by atoms with Crippen molar-refractivity contribution in [3.63, 3.8) is 0 Å². The van der Waals surface area contributed by atoms with Crippen LogP contribution in [0, 0.1) is 0 Å². The molecule has 0 aliphatic heterocycles. The van der Waals surface area contributed by atoms with Gasteiger partial charge in [-0.15, -0.1) is 5.10 Å². The van der Waals surface area contributed by atoms with Crippen LogP contribution in [0.25, 0.3) is 22.2 Å². The fraction of sp³-hybridized carbons (Fsp3) is 0.256. The number of ether oxygens (including phenoxy) is 3. The van der Waals surface area contributed by atoms with Crippen LogP contribution in [0.15, 0.2) is 121 Å². The largest absolute Gasteiger partial charge is 0.491 e. The summed E-state index contributed by atoms with van der Waals surface area (Å²) in [7, 11) is -5.81. The lowest BCUT2D eigenvalue weighted by Gasteiger charge is -2.33. The third kappa shape index (κ3) is 8.96. The fourth-order valence-corrected chi connectivity index (χ4v) is 6.84. The number of rotatable bonds is 13. The van der Waals surface area contributed by atoms with Crippen LogP contribution in [0.2, 0.25) is 0 Å². The fourth-order valence-electron chi connectivity index (χ4n) is 6.35. The molecule has 0 aliphatic rings. The molecular formula is C43H42F2N3O8P. The van der Waals surface area contributed by atoms with Gasteiger partial charge in [-0.1, -0.05) is 96.2 Å². The maximum atomic E-state index is 14.8. The third-order valence-electron chi connectivity index (χ3n) is 9.00. The second-order valence-corrected chi connectivity index (χ2v) is 16.5. The van der Waals surface area contributed by atoms with Gasteiger partial charge in [-0.2, -0.15) is 8.78 Å². The first-order valence-electron chi connectivity index (χ1n) is 18.1. The van der Waals surface area contributed by atoms with E-state index < -0.39 is 41.9 Å². The minimum absolute atomic E-state index is 0.140. The van der Waals surface area contributed by atoms with Crippen molar-refractivity contribution in [1.82, 2.24) is 15.0 Å². The second-order valence-electron chi connectivity index (χ2n) is 14.9. The van der Waals surface area contributed by atoms with E-state index in [9.17, 15) is 32.7 Å². The first kappa shape index (κ1) is 40.9. The highest BCUT2D eigenvalue weighted by Crippen LogP contribution is 2.59. The van der Waals surface area contributed by atoms with Gasteiger partial charge in [0.1, 0.15) is 23.5 Å². The molecule has 0 radical (unpaired) electrons. The number of hydrogen-bond acceptors (Lipinski definition) is 8. The standard InChI is InChI=1S/C43H42F2N3O8P/c1-28(2)55-36-24-32(23-33(25-36)39(49)56-41(3,4)5)31-19-15-30(16-20-31)27-54-40(50)42(34-11-7-6-8-12-34,48-38-14-10-9-13-37(38)46-47-48)26-29-17-21-35(22-18-29)43(44,45)57(51,52)53/h6-25,28H,26-27H2,1-5H3,(H2,51,52,53). The molecule has 0 bridgehead atoms. The number of carbonyl (C=O) groups is 2. The molecule has 0 aliphatic carbocycles. The molecule has 14 heteroatoms. The Bertz CT molecular complexity index is 2430. The molecule has 0 fully saturated rings. The summed E-state index contributed by atoms with van der Waals surface area (Å²) in [4.78, 5) is 46.4. The van der Waals surface area contributed by atoms with Gasteiger partial charge in [0.15, 0.2) is 5.54 Å². The monoisotopic (exact) mass is 797 g/mol. The Labute approximate surface area is 328 Å². The van der Waals surface area contributed by atoms with Gasteiger partial charge in [0.2, 0.25) is 0 Å². The average Bonchev–Trinajstić information content (AvgIpc) is 3.60. The Hall–Kier alpha value is -5.75. The van der Waals surface area contributed by atoms with Gasteiger partial charge in [-0.05, 0) is 92.8 Å². The number of carbonyl (C=O) groups excluding carboxylic acids is 2. The highest BCUT2D eigenvalue weighted by molar-refractivity contribution is 7.52. The molecule has 1 unspecified atom stereocenters. The van der Waals surface area contributed by atoms with Crippen molar-refractivity contribution in [3.05, 3.63) is 149 Å². The number of nitrogens with zero attached hydrogens (tertiary/aromatic N) is 3. The summed E-state index contributed by atoms with van der Waals surface area (Å²) in [6, 6.07) is 32.7. The van der Waals surface area contributed by atoms with Crippen molar-refractivity contribution >= 4 is 30.6 Å². The van der Waals surface area contributed by atoms with Crippen LogP contribution in [0.1, 0.15) is 67.2 Å². The predicted molar refractivity (Wildman–Crippen MR) is 210 cm³/mol. The van der Waals surface area contributed by atoms with E-state index in [1.807, 2.05) is 32.0 Å². The Morgan fingerprint density at radius 2 is 1.42 bits per heavy atom. The summed E-state index contributed by atoms with van der Waals surface area (Å²) < 4.78 is 59.9. The van der Waals surface area contributed by atoms with Gasteiger partial charge in [-0.3, -0.25) is 4.57 Å². The van der Waals surface area contributed by atoms with Crippen LogP contribution in [0.5, 0.6) is 5.75 Å². The molecule has 6 rings (SSSR count). The van der Waals surface area contributed by atoms with Crippen LogP contribution >= 0.6 is 7.60 Å². The molecular weight excluding hydrogens is 755 g/mol. The summed E-state index contributed by atoms with van der Waals surface area (Å²) in [5, 5.41) is 8.72. The molecule has 0 saturated carbocycles. The average molecular weight is 798 g/mol. The van der Waals surface area contributed by atoms with Crippen LogP contribution in [-0.4, -0.2) is 48.4 Å². The number of aromatic nitrogens is 3. The van der Waals surface area contributed by atoms with Crippen LogP contribution < -0.4 is 4.74 Å². The first-order chi connectivity index (χ1) is 26.9. The quantitative estimate of drug-likeness (QED) is 0.0858. The molecule has 57 heavy (non-hydrogen) atoms. The summed E-state index contributed by atoms with van der Waals surface area (Å²) >= 11 is 0. The van der Waals surface area contributed by atoms with Gasteiger partial charge in [-0.25, -0.2) is 14.3 Å². The maximum Gasteiger partial charge on any atom is 0.399 e. The summed E-state index contributed by atoms with van der Waals surface area (Å²) in [5.74, 6) is -0.707. The van der Waals surface area contributed by atoms with Gasteiger partial charge in [0.25, 0.3) is 0 Å².